The number of nitrogens with zero attached hydrogens (tertiary/aromatic N) is 6. The standard InChI is InChI=1S/C15H14N6O4/c22-21(23)14-8-19-7-13(10-25-15(19)17-14)24-9-11-6-16-20(18-11)12-4-2-1-3-5-12/h1-6,8,13H,7,9-10H2/t13-/m0/s1. The van der Waals surface area contributed by atoms with Crippen LogP contribution in [0.1, 0.15) is 5.69 Å². The molecule has 10 heteroatoms. The Kier molecular flexibility index (Phi) is 3.86. The number of aromatic nitrogens is 5. The summed E-state index contributed by atoms with van der Waals surface area (Å²) in [7, 11) is 0. The Bertz CT molecular complexity index is 891. The van der Waals surface area contributed by atoms with E-state index in [-0.39, 0.29) is 31.1 Å². The van der Waals surface area contributed by atoms with Gasteiger partial charge in [0.2, 0.25) is 0 Å². The molecule has 3 heterocycles. The molecule has 3 aromatic rings. The molecule has 4 rings (SSSR count). The maximum Gasteiger partial charge on any atom is 0.414 e. The molecule has 0 spiro atoms. The SMILES string of the molecule is O=[N+]([O-])c1cn2c(n1)OC[C@@H](OCc1cnn(-c3ccccc3)n1)C2. The summed E-state index contributed by atoms with van der Waals surface area (Å²) in [5, 5.41) is 19.3. The Morgan fingerprint density at radius 1 is 1.36 bits per heavy atom. The number of nitro groups is 1. The number of imidazole rings is 1. The molecule has 0 N–H and O–H groups in total. The Labute approximate surface area is 141 Å². The summed E-state index contributed by atoms with van der Waals surface area (Å²) in [6.45, 7) is 0.983. The Balaban J connectivity index is 1.38. The zero-order valence-corrected chi connectivity index (χ0v) is 13.1. The van der Waals surface area contributed by atoms with Crippen LogP contribution in [0, 0.1) is 10.1 Å². The van der Waals surface area contributed by atoms with Crippen LogP contribution in [0.25, 0.3) is 5.69 Å². The Morgan fingerprint density at radius 2 is 2.20 bits per heavy atom. The second kappa shape index (κ2) is 6.32. The third kappa shape index (κ3) is 3.19. The van der Waals surface area contributed by atoms with Gasteiger partial charge in [0, 0.05) is 4.98 Å². The number of hydrogen-bond donors (Lipinski definition) is 0. The Morgan fingerprint density at radius 3 is 3.00 bits per heavy atom. The van der Waals surface area contributed by atoms with E-state index >= 15 is 0 Å². The lowest BCUT2D eigenvalue weighted by Gasteiger charge is -2.21. The fraction of sp³-hybridized carbons (Fsp3) is 0.267. The van der Waals surface area contributed by atoms with E-state index in [1.54, 1.807) is 10.8 Å². The number of rotatable bonds is 5. The molecule has 25 heavy (non-hydrogen) atoms. The third-order valence-corrected chi connectivity index (χ3v) is 3.71. The maximum atomic E-state index is 10.8. The average molecular weight is 342 g/mol. The topological polar surface area (TPSA) is 110 Å². The molecule has 1 aromatic carbocycles. The van der Waals surface area contributed by atoms with Gasteiger partial charge in [0.25, 0.3) is 0 Å². The lowest BCUT2D eigenvalue weighted by Crippen LogP contribution is -2.32. The summed E-state index contributed by atoms with van der Waals surface area (Å²) < 4.78 is 12.8. The smallest absolute Gasteiger partial charge is 0.414 e. The first-order valence-corrected chi connectivity index (χ1v) is 7.61. The molecular formula is C15H14N6O4. The lowest BCUT2D eigenvalue weighted by atomic mass is 10.3. The first kappa shape index (κ1) is 15.3. The molecule has 10 nitrogen and oxygen atoms in total. The van der Waals surface area contributed by atoms with E-state index in [4.69, 9.17) is 9.47 Å². The lowest BCUT2D eigenvalue weighted by molar-refractivity contribution is -0.389. The van der Waals surface area contributed by atoms with E-state index in [2.05, 4.69) is 15.2 Å². The van der Waals surface area contributed by atoms with E-state index in [1.807, 2.05) is 30.3 Å². The molecule has 128 valence electrons. The normalized spacial score (nSPS) is 16.2. The van der Waals surface area contributed by atoms with Crippen LogP contribution in [0.15, 0.2) is 42.7 Å². The molecule has 2 aromatic heterocycles. The second-order valence-electron chi connectivity index (χ2n) is 5.50. The van der Waals surface area contributed by atoms with Crippen LogP contribution in [-0.2, 0) is 17.9 Å². The number of fused-ring (bicyclic) bond motifs is 1. The zero-order chi connectivity index (χ0) is 17.2. The van der Waals surface area contributed by atoms with Crippen molar-refractivity contribution in [3.8, 4) is 11.7 Å². The van der Waals surface area contributed by atoms with Crippen molar-refractivity contribution in [1.82, 2.24) is 24.5 Å². The van der Waals surface area contributed by atoms with Gasteiger partial charge >= 0.3 is 11.8 Å². The van der Waals surface area contributed by atoms with Crippen molar-refractivity contribution >= 4 is 5.82 Å². The summed E-state index contributed by atoms with van der Waals surface area (Å²) in [4.78, 5) is 15.5. The van der Waals surface area contributed by atoms with Crippen LogP contribution in [0.3, 0.4) is 0 Å². The highest BCUT2D eigenvalue weighted by atomic mass is 16.6. The van der Waals surface area contributed by atoms with Crippen LogP contribution in [-0.4, -0.2) is 42.2 Å². The van der Waals surface area contributed by atoms with Crippen LogP contribution in [0.5, 0.6) is 6.01 Å². The van der Waals surface area contributed by atoms with E-state index in [0.717, 1.165) is 5.69 Å². The summed E-state index contributed by atoms with van der Waals surface area (Å²) in [5.74, 6) is -0.235. The second-order valence-corrected chi connectivity index (χ2v) is 5.50. The molecule has 1 atom stereocenters. The molecule has 0 saturated heterocycles. The van der Waals surface area contributed by atoms with Crippen LogP contribution >= 0.6 is 0 Å². The first-order chi connectivity index (χ1) is 12.2. The molecule has 0 bridgehead atoms. The minimum absolute atomic E-state index is 0.235. The van der Waals surface area contributed by atoms with Gasteiger partial charge < -0.3 is 19.6 Å². The monoisotopic (exact) mass is 342 g/mol. The quantitative estimate of drug-likeness (QED) is 0.508. The minimum Gasteiger partial charge on any atom is -0.443 e. The average Bonchev–Trinajstić information content (AvgIpc) is 3.27. The zero-order valence-electron chi connectivity index (χ0n) is 13.1. The summed E-state index contributed by atoms with van der Waals surface area (Å²) in [5.41, 5.74) is 1.55. The molecule has 0 unspecified atom stereocenters. The van der Waals surface area contributed by atoms with Gasteiger partial charge in [-0.05, 0) is 17.1 Å². The summed E-state index contributed by atoms with van der Waals surface area (Å²) in [6.07, 6.45) is 2.74. The molecule has 0 amide bonds. The molecule has 1 aliphatic heterocycles. The van der Waals surface area contributed by atoms with Crippen LogP contribution in [0.4, 0.5) is 5.82 Å². The van der Waals surface area contributed by atoms with Gasteiger partial charge in [0.1, 0.15) is 24.6 Å². The van der Waals surface area contributed by atoms with Crippen molar-refractivity contribution < 1.29 is 14.4 Å². The van der Waals surface area contributed by atoms with Crippen molar-refractivity contribution in [1.29, 1.82) is 0 Å². The number of benzene rings is 1. The maximum absolute atomic E-state index is 10.8. The molecule has 0 aliphatic carbocycles. The predicted octanol–water partition coefficient (Wildman–Crippen LogP) is 1.35. The van der Waals surface area contributed by atoms with E-state index in [1.165, 1.54) is 11.0 Å². The Hall–Kier alpha value is -3.27. The van der Waals surface area contributed by atoms with Crippen molar-refractivity contribution in [3.63, 3.8) is 0 Å². The van der Waals surface area contributed by atoms with Gasteiger partial charge in [-0.3, -0.25) is 4.57 Å². The van der Waals surface area contributed by atoms with Gasteiger partial charge in [-0.15, -0.1) is 0 Å². The van der Waals surface area contributed by atoms with Crippen LogP contribution in [0.2, 0.25) is 0 Å². The third-order valence-electron chi connectivity index (χ3n) is 3.71. The highest BCUT2D eigenvalue weighted by Gasteiger charge is 2.28. The van der Waals surface area contributed by atoms with Gasteiger partial charge in [-0.1, -0.05) is 18.2 Å². The van der Waals surface area contributed by atoms with Crippen molar-refractivity contribution in [2.24, 2.45) is 0 Å². The molecule has 0 saturated carbocycles. The summed E-state index contributed by atoms with van der Waals surface area (Å²) in [6, 6.07) is 9.81. The molecule has 1 aliphatic rings. The van der Waals surface area contributed by atoms with Gasteiger partial charge in [-0.2, -0.15) is 15.0 Å². The molecular weight excluding hydrogens is 328 g/mol. The summed E-state index contributed by atoms with van der Waals surface area (Å²) >= 11 is 0. The van der Waals surface area contributed by atoms with Crippen molar-refractivity contribution in [2.75, 3.05) is 6.61 Å². The fourth-order valence-electron chi connectivity index (χ4n) is 2.51. The number of hydrogen-bond acceptors (Lipinski definition) is 7. The van der Waals surface area contributed by atoms with Gasteiger partial charge in [0.05, 0.1) is 25.0 Å². The fourth-order valence-corrected chi connectivity index (χ4v) is 2.51. The van der Waals surface area contributed by atoms with Crippen LogP contribution < -0.4 is 4.74 Å². The number of para-hydroxylation sites is 1. The van der Waals surface area contributed by atoms with Gasteiger partial charge in [-0.25, -0.2) is 0 Å². The van der Waals surface area contributed by atoms with E-state index < -0.39 is 4.92 Å². The predicted molar refractivity (Wildman–Crippen MR) is 84.3 cm³/mol. The number of ether oxygens (including phenoxy) is 2. The van der Waals surface area contributed by atoms with Crippen molar-refractivity contribution in [2.45, 2.75) is 19.3 Å². The minimum atomic E-state index is -0.549. The highest BCUT2D eigenvalue weighted by Crippen LogP contribution is 2.22. The molecule has 0 fully saturated rings. The highest BCUT2D eigenvalue weighted by molar-refractivity contribution is 5.28. The van der Waals surface area contributed by atoms with Crippen molar-refractivity contribution in [3.05, 3.63) is 58.5 Å². The van der Waals surface area contributed by atoms with E-state index in [0.29, 0.717) is 12.2 Å². The largest absolute Gasteiger partial charge is 0.443 e. The van der Waals surface area contributed by atoms with E-state index in [9.17, 15) is 10.1 Å². The first-order valence-electron chi connectivity index (χ1n) is 7.61. The van der Waals surface area contributed by atoms with Gasteiger partial charge in [0.15, 0.2) is 0 Å². The molecule has 0 radical (unpaired) electrons.